The fraction of sp³-hybridized carbons (Fsp3) is 0. The van der Waals surface area contributed by atoms with Crippen LogP contribution in [0.2, 0.25) is 0 Å². The van der Waals surface area contributed by atoms with Gasteiger partial charge in [0.25, 0.3) is 0 Å². The molecule has 0 spiro atoms. The minimum Gasteiger partial charge on any atom is -0.455 e. The molecule has 48 heavy (non-hydrogen) atoms. The summed E-state index contributed by atoms with van der Waals surface area (Å²) in [4.78, 5) is 15.3. The number of hydrogen-bond acceptors (Lipinski definition) is 5. The molecule has 5 nitrogen and oxygen atoms in total. The molecule has 0 radical (unpaired) electrons. The Morgan fingerprint density at radius 3 is 1.90 bits per heavy atom. The van der Waals surface area contributed by atoms with Crippen LogP contribution in [0.3, 0.4) is 0 Å². The Hall–Kier alpha value is -6.59. The van der Waals surface area contributed by atoms with Crippen molar-refractivity contribution in [3.05, 3.63) is 140 Å². The molecular weight excluding hydrogens is 590 g/mol. The number of para-hydroxylation sites is 1. The van der Waals surface area contributed by atoms with Gasteiger partial charge in [-0.05, 0) is 57.3 Å². The minimum atomic E-state index is 0.539. The highest BCUT2D eigenvalue weighted by atomic mass is 16.5. The maximum atomic E-state index is 6.79. The van der Waals surface area contributed by atoms with Gasteiger partial charge in [-0.1, -0.05) is 109 Å². The largest absolute Gasteiger partial charge is 0.455 e. The van der Waals surface area contributed by atoms with Crippen molar-refractivity contribution in [1.29, 1.82) is 0 Å². The van der Waals surface area contributed by atoms with Gasteiger partial charge in [0, 0.05) is 32.5 Å². The van der Waals surface area contributed by atoms with Crippen molar-refractivity contribution >= 4 is 65.0 Å². The van der Waals surface area contributed by atoms with E-state index in [2.05, 4.69) is 78.9 Å². The van der Waals surface area contributed by atoms with Crippen LogP contribution in [0.25, 0.3) is 99.2 Å². The van der Waals surface area contributed by atoms with Crippen LogP contribution in [0.5, 0.6) is 11.5 Å². The van der Waals surface area contributed by atoms with Crippen molar-refractivity contribution in [3.8, 4) is 45.7 Å². The number of furan rings is 1. The number of rotatable bonds is 3. The first-order chi connectivity index (χ1) is 23.8. The van der Waals surface area contributed by atoms with Crippen molar-refractivity contribution in [1.82, 2.24) is 15.0 Å². The molecule has 0 saturated carbocycles. The van der Waals surface area contributed by atoms with Crippen LogP contribution in [0.1, 0.15) is 0 Å². The first-order valence-corrected chi connectivity index (χ1v) is 16.0. The van der Waals surface area contributed by atoms with E-state index in [1.807, 2.05) is 60.7 Å². The van der Waals surface area contributed by atoms with Crippen LogP contribution in [0, 0.1) is 0 Å². The maximum Gasteiger partial charge on any atom is 0.167 e. The normalized spacial score (nSPS) is 12.3. The van der Waals surface area contributed by atoms with Gasteiger partial charge in [-0.15, -0.1) is 0 Å². The number of fused-ring (bicyclic) bond motifs is 4. The predicted molar refractivity (Wildman–Crippen MR) is 194 cm³/mol. The Morgan fingerprint density at radius 1 is 0.417 bits per heavy atom. The summed E-state index contributed by atoms with van der Waals surface area (Å²) in [5.74, 6) is 3.25. The summed E-state index contributed by atoms with van der Waals surface area (Å²) in [7, 11) is 0. The fourth-order valence-electron chi connectivity index (χ4n) is 7.41. The molecule has 8 aromatic carbocycles. The van der Waals surface area contributed by atoms with E-state index in [-0.39, 0.29) is 0 Å². The quantitative estimate of drug-likeness (QED) is 0.186. The summed E-state index contributed by atoms with van der Waals surface area (Å²) >= 11 is 0. The molecular formula is C43H23N3O2. The lowest BCUT2D eigenvalue weighted by Crippen LogP contribution is -2.03. The number of nitrogens with zero attached hydrogens (tertiary/aromatic N) is 3. The van der Waals surface area contributed by atoms with Crippen molar-refractivity contribution in [2.45, 2.75) is 0 Å². The summed E-state index contributed by atoms with van der Waals surface area (Å²) < 4.78 is 13.4. The van der Waals surface area contributed by atoms with Crippen LogP contribution in [-0.4, -0.2) is 15.0 Å². The monoisotopic (exact) mass is 613 g/mol. The lowest BCUT2D eigenvalue weighted by atomic mass is 9.92. The van der Waals surface area contributed by atoms with E-state index in [4.69, 9.17) is 24.1 Å². The Balaban J connectivity index is 1.20. The molecule has 11 rings (SSSR count). The highest BCUT2D eigenvalue weighted by Gasteiger charge is 2.25. The van der Waals surface area contributed by atoms with Gasteiger partial charge < -0.3 is 9.15 Å². The minimum absolute atomic E-state index is 0.539. The Labute approximate surface area is 273 Å². The van der Waals surface area contributed by atoms with Crippen LogP contribution in [0.4, 0.5) is 0 Å². The summed E-state index contributed by atoms with van der Waals surface area (Å²) in [6.45, 7) is 0. The lowest BCUT2D eigenvalue weighted by molar-refractivity contribution is 0.494. The Morgan fingerprint density at radius 2 is 1.06 bits per heavy atom. The van der Waals surface area contributed by atoms with Crippen molar-refractivity contribution in [2.75, 3.05) is 0 Å². The van der Waals surface area contributed by atoms with Gasteiger partial charge in [0.15, 0.2) is 17.5 Å². The first kappa shape index (κ1) is 25.6. The maximum absolute atomic E-state index is 6.79. The lowest BCUT2D eigenvalue weighted by Gasteiger charge is -2.22. The van der Waals surface area contributed by atoms with E-state index in [0.717, 1.165) is 77.1 Å². The number of ether oxygens (including phenoxy) is 1. The highest BCUT2D eigenvalue weighted by Crippen LogP contribution is 2.50. The molecule has 0 atom stereocenters. The molecule has 0 bridgehead atoms. The van der Waals surface area contributed by atoms with E-state index in [1.54, 1.807) is 0 Å². The summed E-state index contributed by atoms with van der Waals surface area (Å²) in [6.07, 6.45) is 0. The number of hydrogen-bond donors (Lipinski definition) is 0. The average Bonchev–Trinajstić information content (AvgIpc) is 3.51. The first-order valence-electron chi connectivity index (χ1n) is 16.0. The molecule has 0 saturated heterocycles. The second-order valence-corrected chi connectivity index (χ2v) is 12.4. The van der Waals surface area contributed by atoms with E-state index in [0.29, 0.717) is 17.5 Å². The van der Waals surface area contributed by atoms with Gasteiger partial charge in [-0.2, -0.15) is 0 Å². The predicted octanol–water partition coefficient (Wildman–Crippen LogP) is 11.5. The van der Waals surface area contributed by atoms with Gasteiger partial charge in [-0.3, -0.25) is 0 Å². The molecule has 10 aromatic rings. The standard InChI is InChI=1S/C43H23N3O2/c1-2-8-27(9-3-1)41-44-42(31-14-7-13-30-33-22-28-10-4-5-11-29(28)23-35(33)48-39(30)31)46-43(45-41)32-21-20-26-19-18-25-17-16-24-12-6-15-34-36(24)37(25)38(26)40(32)47-34/h1-23H. The third-order valence-electron chi connectivity index (χ3n) is 9.65. The molecule has 1 aliphatic rings. The third-order valence-corrected chi connectivity index (χ3v) is 9.65. The molecule has 222 valence electrons. The molecule has 2 aromatic heterocycles. The van der Waals surface area contributed by atoms with E-state index in [9.17, 15) is 0 Å². The van der Waals surface area contributed by atoms with Crippen LogP contribution >= 0.6 is 0 Å². The Kier molecular flexibility index (Phi) is 5.05. The van der Waals surface area contributed by atoms with Crippen molar-refractivity contribution < 1.29 is 9.15 Å². The van der Waals surface area contributed by atoms with Gasteiger partial charge in [0.05, 0.1) is 11.1 Å². The van der Waals surface area contributed by atoms with E-state index in [1.165, 1.54) is 16.2 Å². The molecule has 3 heterocycles. The molecule has 5 heteroatoms. The number of aromatic nitrogens is 3. The zero-order chi connectivity index (χ0) is 31.3. The molecule has 0 unspecified atom stereocenters. The fourth-order valence-corrected chi connectivity index (χ4v) is 7.41. The third kappa shape index (κ3) is 3.58. The molecule has 0 fully saturated rings. The van der Waals surface area contributed by atoms with E-state index < -0.39 is 0 Å². The van der Waals surface area contributed by atoms with E-state index >= 15 is 0 Å². The number of benzene rings is 8. The SMILES string of the molecule is c1ccc(-c2nc(-c3ccc4ccc5ccc6cccc7c6c5c4c3O7)nc(-c3cccc4c3oc3cc5ccccc5cc34)n2)cc1. The zero-order valence-corrected chi connectivity index (χ0v) is 25.4. The molecule has 0 aliphatic carbocycles. The van der Waals surface area contributed by atoms with Gasteiger partial charge >= 0.3 is 0 Å². The van der Waals surface area contributed by atoms with Crippen LogP contribution in [0.15, 0.2) is 144 Å². The highest BCUT2D eigenvalue weighted by molar-refractivity contribution is 6.26. The smallest absolute Gasteiger partial charge is 0.167 e. The molecule has 0 amide bonds. The molecule has 1 aliphatic heterocycles. The van der Waals surface area contributed by atoms with Gasteiger partial charge in [0.1, 0.15) is 22.7 Å². The summed E-state index contributed by atoms with van der Waals surface area (Å²) in [5.41, 5.74) is 4.10. The van der Waals surface area contributed by atoms with Crippen molar-refractivity contribution in [2.24, 2.45) is 0 Å². The van der Waals surface area contributed by atoms with Crippen LogP contribution < -0.4 is 4.74 Å². The topological polar surface area (TPSA) is 61.0 Å². The zero-order valence-electron chi connectivity index (χ0n) is 25.4. The Bertz CT molecular complexity index is 2980. The summed E-state index contributed by atoms with van der Waals surface area (Å²) in [6, 6.07) is 48.0. The average molecular weight is 614 g/mol. The van der Waals surface area contributed by atoms with Crippen LogP contribution in [-0.2, 0) is 0 Å². The van der Waals surface area contributed by atoms with Gasteiger partial charge in [-0.25, -0.2) is 15.0 Å². The second-order valence-electron chi connectivity index (χ2n) is 12.4. The molecule has 0 N–H and O–H groups in total. The van der Waals surface area contributed by atoms with Gasteiger partial charge in [0.2, 0.25) is 0 Å². The second kappa shape index (κ2) is 9.47. The summed E-state index contributed by atoms with van der Waals surface area (Å²) in [5, 5.41) is 11.2. The van der Waals surface area contributed by atoms with Crippen molar-refractivity contribution in [3.63, 3.8) is 0 Å².